The predicted molar refractivity (Wildman–Crippen MR) is 42.3 cm³/mol. The van der Waals surface area contributed by atoms with Crippen LogP contribution in [-0.2, 0) is 9.53 Å². The second kappa shape index (κ2) is 3.51. The van der Waals surface area contributed by atoms with Crippen molar-refractivity contribution in [1.29, 1.82) is 0 Å². The molecule has 0 spiro atoms. The number of carbonyl (C=O) groups excluding carboxylic acids is 1. The van der Waals surface area contributed by atoms with Gasteiger partial charge in [0.15, 0.2) is 0 Å². The molecule has 3 nitrogen and oxygen atoms in total. The second-order valence-corrected chi connectivity index (χ2v) is 3.08. The molecule has 80 valence electrons. The summed E-state index contributed by atoms with van der Waals surface area (Å²) in [5.74, 6) is -0.685. The summed E-state index contributed by atoms with van der Waals surface area (Å²) in [7, 11) is 1.16. The van der Waals surface area contributed by atoms with Crippen LogP contribution < -0.4 is 5.32 Å². The van der Waals surface area contributed by atoms with Crippen molar-refractivity contribution in [2.24, 2.45) is 0 Å². The molecule has 0 bridgehead atoms. The number of hydrogen-bond donors (Lipinski definition) is 1. The van der Waals surface area contributed by atoms with Gasteiger partial charge in [-0.15, -0.1) is 0 Å². The third-order valence-corrected chi connectivity index (χ3v) is 2.07. The molecule has 1 fully saturated rings. The lowest BCUT2D eigenvalue weighted by atomic mass is 10.2. The van der Waals surface area contributed by atoms with E-state index in [1.807, 2.05) is 0 Å². The van der Waals surface area contributed by atoms with Gasteiger partial charge in [0.1, 0.15) is 5.54 Å². The molecular formula is C8H10F3NO2. The van der Waals surface area contributed by atoms with Gasteiger partial charge < -0.3 is 10.1 Å². The monoisotopic (exact) mass is 209 g/mol. The van der Waals surface area contributed by atoms with Crippen molar-refractivity contribution in [1.82, 2.24) is 5.32 Å². The highest BCUT2D eigenvalue weighted by Crippen LogP contribution is 2.48. The molecule has 0 heterocycles. The Morgan fingerprint density at radius 3 is 2.43 bits per heavy atom. The highest BCUT2D eigenvalue weighted by molar-refractivity contribution is 5.81. The molecule has 1 aliphatic rings. The van der Waals surface area contributed by atoms with Crippen LogP contribution >= 0.6 is 0 Å². The maximum Gasteiger partial charge on any atom is 0.411 e. The fraction of sp³-hybridized carbons (Fsp3) is 0.625. The van der Waals surface area contributed by atoms with E-state index < -0.39 is 17.7 Å². The van der Waals surface area contributed by atoms with E-state index in [1.54, 1.807) is 0 Å². The zero-order valence-electron chi connectivity index (χ0n) is 7.52. The Labute approximate surface area is 78.9 Å². The van der Waals surface area contributed by atoms with Crippen molar-refractivity contribution >= 4 is 5.97 Å². The molecule has 0 aromatic carbocycles. The van der Waals surface area contributed by atoms with E-state index in [9.17, 15) is 18.0 Å². The molecule has 6 heteroatoms. The van der Waals surface area contributed by atoms with Crippen LogP contribution in [0.5, 0.6) is 0 Å². The zero-order valence-corrected chi connectivity index (χ0v) is 7.52. The molecular weight excluding hydrogens is 199 g/mol. The Balaban J connectivity index is 2.46. The molecule has 0 radical (unpaired) electrons. The molecule has 1 saturated carbocycles. The third kappa shape index (κ3) is 2.18. The van der Waals surface area contributed by atoms with Crippen LogP contribution in [0, 0.1) is 0 Å². The second-order valence-electron chi connectivity index (χ2n) is 3.08. The van der Waals surface area contributed by atoms with E-state index in [0.717, 1.165) is 19.4 Å². The normalized spacial score (nSPS) is 19.4. The van der Waals surface area contributed by atoms with Gasteiger partial charge in [0.05, 0.1) is 7.11 Å². The molecule has 1 aliphatic carbocycles. The number of methoxy groups -OCH3 is 1. The van der Waals surface area contributed by atoms with Gasteiger partial charge in [0.2, 0.25) is 0 Å². The summed E-state index contributed by atoms with van der Waals surface area (Å²) in [5, 5.41) is 2.17. The van der Waals surface area contributed by atoms with E-state index in [-0.39, 0.29) is 12.8 Å². The number of carbonyl (C=O) groups is 1. The Morgan fingerprint density at radius 2 is 2.07 bits per heavy atom. The summed E-state index contributed by atoms with van der Waals surface area (Å²) in [5.41, 5.74) is -1.82. The van der Waals surface area contributed by atoms with Gasteiger partial charge in [0.25, 0.3) is 0 Å². The maximum absolute atomic E-state index is 12.3. The summed E-state index contributed by atoms with van der Waals surface area (Å²) in [6.45, 7) is 0. The largest absolute Gasteiger partial charge is 0.466 e. The van der Waals surface area contributed by atoms with E-state index >= 15 is 0 Å². The van der Waals surface area contributed by atoms with Gasteiger partial charge in [-0.1, -0.05) is 0 Å². The Hall–Kier alpha value is -1.20. The van der Waals surface area contributed by atoms with Crippen LogP contribution in [0.1, 0.15) is 12.8 Å². The van der Waals surface area contributed by atoms with Gasteiger partial charge >= 0.3 is 12.1 Å². The third-order valence-electron chi connectivity index (χ3n) is 2.07. The molecule has 0 aliphatic heterocycles. The summed E-state index contributed by atoms with van der Waals surface area (Å²) >= 11 is 0. The molecule has 0 unspecified atom stereocenters. The Kier molecular flexibility index (Phi) is 2.73. The van der Waals surface area contributed by atoms with Gasteiger partial charge in [-0.3, -0.25) is 0 Å². The van der Waals surface area contributed by atoms with Crippen molar-refractivity contribution in [3.05, 3.63) is 12.3 Å². The van der Waals surface area contributed by atoms with E-state index in [2.05, 4.69) is 10.1 Å². The average molecular weight is 209 g/mol. The standard InChI is InChI=1S/C8H10F3NO2/c1-14-6(13)2-5-12-7(3-4-7)8(9,10)11/h2,5,12H,3-4H2,1H3/b5-2+. The molecule has 0 amide bonds. The number of nitrogens with one attached hydrogen (secondary N) is 1. The lowest BCUT2D eigenvalue weighted by Crippen LogP contribution is -2.42. The fourth-order valence-electron chi connectivity index (χ4n) is 0.972. The molecule has 1 rings (SSSR count). The zero-order chi connectivity index (χ0) is 10.8. The number of ether oxygens (including phenoxy) is 1. The van der Waals surface area contributed by atoms with Crippen LogP contribution in [0.4, 0.5) is 13.2 Å². The number of rotatable bonds is 3. The molecule has 0 saturated heterocycles. The maximum atomic E-state index is 12.3. The summed E-state index contributed by atoms with van der Waals surface area (Å²) in [4.78, 5) is 10.5. The van der Waals surface area contributed by atoms with Gasteiger partial charge in [0, 0.05) is 12.3 Å². The number of esters is 1. The molecule has 0 aromatic heterocycles. The van der Waals surface area contributed by atoms with E-state index in [0.29, 0.717) is 0 Å². The van der Waals surface area contributed by atoms with E-state index in [1.165, 1.54) is 0 Å². The minimum Gasteiger partial charge on any atom is -0.466 e. The van der Waals surface area contributed by atoms with Crippen molar-refractivity contribution in [2.45, 2.75) is 24.6 Å². The molecule has 0 atom stereocenters. The van der Waals surface area contributed by atoms with Crippen molar-refractivity contribution in [3.63, 3.8) is 0 Å². The first kappa shape index (κ1) is 10.9. The van der Waals surface area contributed by atoms with Crippen molar-refractivity contribution < 1.29 is 22.7 Å². The smallest absolute Gasteiger partial charge is 0.411 e. The average Bonchev–Trinajstić information content (AvgIpc) is 2.84. The minimum atomic E-state index is -4.27. The minimum absolute atomic E-state index is 0.0437. The van der Waals surface area contributed by atoms with Gasteiger partial charge in [-0.05, 0) is 12.8 Å². The quantitative estimate of drug-likeness (QED) is 0.563. The molecule has 0 aromatic rings. The number of alkyl halides is 3. The SMILES string of the molecule is COC(=O)/C=C/NC1(C(F)(F)F)CC1. The Bertz CT molecular complexity index is 256. The fourth-order valence-corrected chi connectivity index (χ4v) is 0.972. The topological polar surface area (TPSA) is 38.3 Å². The summed E-state index contributed by atoms with van der Waals surface area (Å²) < 4.78 is 41.1. The highest BCUT2D eigenvalue weighted by Gasteiger charge is 2.63. The van der Waals surface area contributed by atoms with Crippen LogP contribution in [0.2, 0.25) is 0 Å². The predicted octanol–water partition coefficient (Wildman–Crippen LogP) is 1.36. The van der Waals surface area contributed by atoms with Gasteiger partial charge in [-0.25, -0.2) is 4.79 Å². The summed E-state index contributed by atoms with van der Waals surface area (Å²) in [6.07, 6.45) is -2.28. The van der Waals surface area contributed by atoms with Crippen LogP contribution in [-0.4, -0.2) is 24.8 Å². The van der Waals surface area contributed by atoms with E-state index in [4.69, 9.17) is 0 Å². The van der Waals surface area contributed by atoms with Crippen LogP contribution in [0.25, 0.3) is 0 Å². The van der Waals surface area contributed by atoms with Crippen molar-refractivity contribution in [3.8, 4) is 0 Å². The van der Waals surface area contributed by atoms with Crippen LogP contribution in [0.15, 0.2) is 12.3 Å². The number of halogens is 3. The summed E-state index contributed by atoms with van der Waals surface area (Å²) in [6, 6.07) is 0. The Morgan fingerprint density at radius 1 is 1.50 bits per heavy atom. The lowest BCUT2D eigenvalue weighted by molar-refractivity contribution is -0.163. The molecule has 1 N–H and O–H groups in total. The first-order valence-corrected chi connectivity index (χ1v) is 4.00. The first-order valence-electron chi connectivity index (χ1n) is 4.00. The van der Waals surface area contributed by atoms with Crippen molar-refractivity contribution in [2.75, 3.05) is 7.11 Å². The first-order chi connectivity index (χ1) is 6.41. The van der Waals surface area contributed by atoms with Crippen LogP contribution in [0.3, 0.4) is 0 Å². The molecule has 14 heavy (non-hydrogen) atoms. The van der Waals surface area contributed by atoms with Gasteiger partial charge in [-0.2, -0.15) is 13.2 Å². The lowest BCUT2D eigenvalue weighted by Gasteiger charge is -2.18. The highest BCUT2D eigenvalue weighted by atomic mass is 19.4. The number of hydrogen-bond acceptors (Lipinski definition) is 3.